The van der Waals surface area contributed by atoms with Gasteiger partial charge in [0.2, 0.25) is 0 Å². The summed E-state index contributed by atoms with van der Waals surface area (Å²) in [6, 6.07) is 8.29. The van der Waals surface area contributed by atoms with E-state index in [4.69, 9.17) is 0 Å². The highest BCUT2D eigenvalue weighted by molar-refractivity contribution is 7.17. The van der Waals surface area contributed by atoms with E-state index in [1.807, 2.05) is 11.8 Å². The Hall–Kier alpha value is -1.68. The molecule has 0 N–H and O–H groups in total. The monoisotopic (exact) mass is 286 g/mol. The standard InChI is InChI=1S/C16H18N2OS/c1-11-5-7-13(8-6-11)15-17-12(2)14(20-15)16(19)18-9-3-4-10-18/h5-8H,3-4,9-10H2,1-2H3. The second kappa shape index (κ2) is 5.37. The van der Waals surface area contributed by atoms with Crippen molar-refractivity contribution < 1.29 is 4.79 Å². The maximum Gasteiger partial charge on any atom is 0.265 e. The highest BCUT2D eigenvalue weighted by Crippen LogP contribution is 2.29. The van der Waals surface area contributed by atoms with E-state index in [9.17, 15) is 4.79 Å². The fraction of sp³-hybridized carbons (Fsp3) is 0.375. The van der Waals surface area contributed by atoms with Gasteiger partial charge in [0, 0.05) is 18.7 Å². The summed E-state index contributed by atoms with van der Waals surface area (Å²) in [5.41, 5.74) is 3.17. The smallest absolute Gasteiger partial charge is 0.265 e. The van der Waals surface area contributed by atoms with Crippen LogP contribution in [0, 0.1) is 13.8 Å². The number of hydrogen-bond acceptors (Lipinski definition) is 3. The third kappa shape index (κ3) is 2.48. The Kier molecular flexibility index (Phi) is 3.57. The minimum atomic E-state index is 0.149. The molecule has 1 aliphatic heterocycles. The average Bonchev–Trinajstić information content (AvgIpc) is 3.08. The van der Waals surface area contributed by atoms with Crippen molar-refractivity contribution in [3.8, 4) is 10.6 Å². The van der Waals surface area contributed by atoms with E-state index in [2.05, 4.69) is 36.2 Å². The summed E-state index contributed by atoms with van der Waals surface area (Å²) >= 11 is 1.51. The van der Waals surface area contributed by atoms with Gasteiger partial charge < -0.3 is 4.90 Å². The number of aromatic nitrogens is 1. The quantitative estimate of drug-likeness (QED) is 0.844. The number of benzene rings is 1. The Morgan fingerprint density at radius 1 is 1.15 bits per heavy atom. The van der Waals surface area contributed by atoms with Crippen LogP contribution in [0.4, 0.5) is 0 Å². The van der Waals surface area contributed by atoms with Crippen molar-refractivity contribution in [2.75, 3.05) is 13.1 Å². The third-order valence-corrected chi connectivity index (χ3v) is 4.88. The summed E-state index contributed by atoms with van der Waals surface area (Å²) in [7, 11) is 0. The summed E-state index contributed by atoms with van der Waals surface area (Å²) in [6.45, 7) is 5.77. The van der Waals surface area contributed by atoms with E-state index in [1.54, 1.807) is 0 Å². The van der Waals surface area contributed by atoms with Gasteiger partial charge in [0.05, 0.1) is 5.69 Å². The molecule has 0 bridgehead atoms. The van der Waals surface area contributed by atoms with E-state index >= 15 is 0 Å². The van der Waals surface area contributed by atoms with Crippen LogP contribution in [0.1, 0.15) is 33.8 Å². The lowest BCUT2D eigenvalue weighted by molar-refractivity contribution is 0.0796. The summed E-state index contributed by atoms with van der Waals surface area (Å²) < 4.78 is 0. The maximum absolute atomic E-state index is 12.5. The van der Waals surface area contributed by atoms with Gasteiger partial charge in [-0.2, -0.15) is 0 Å². The average molecular weight is 286 g/mol. The highest BCUT2D eigenvalue weighted by atomic mass is 32.1. The molecule has 2 aromatic rings. The molecule has 0 radical (unpaired) electrons. The van der Waals surface area contributed by atoms with Gasteiger partial charge in [0.25, 0.3) is 5.91 Å². The van der Waals surface area contributed by atoms with Gasteiger partial charge in [-0.15, -0.1) is 11.3 Å². The predicted octanol–water partition coefficient (Wildman–Crippen LogP) is 3.66. The lowest BCUT2D eigenvalue weighted by Crippen LogP contribution is -2.27. The lowest BCUT2D eigenvalue weighted by atomic mass is 10.2. The molecule has 1 aromatic carbocycles. The molecule has 0 atom stereocenters. The van der Waals surface area contributed by atoms with Crippen molar-refractivity contribution in [2.24, 2.45) is 0 Å². The van der Waals surface area contributed by atoms with E-state index in [0.717, 1.165) is 47.1 Å². The molecule has 1 aliphatic rings. The zero-order valence-electron chi connectivity index (χ0n) is 11.8. The van der Waals surface area contributed by atoms with E-state index < -0.39 is 0 Å². The van der Waals surface area contributed by atoms with Gasteiger partial charge in [-0.3, -0.25) is 4.79 Å². The molecule has 20 heavy (non-hydrogen) atoms. The van der Waals surface area contributed by atoms with Gasteiger partial charge >= 0.3 is 0 Å². The number of aryl methyl sites for hydroxylation is 2. The zero-order valence-corrected chi connectivity index (χ0v) is 12.7. The number of hydrogen-bond donors (Lipinski definition) is 0. The zero-order chi connectivity index (χ0) is 14.1. The third-order valence-electron chi connectivity index (χ3n) is 3.68. The molecule has 0 spiro atoms. The number of rotatable bonds is 2. The van der Waals surface area contributed by atoms with E-state index in [0.29, 0.717) is 0 Å². The van der Waals surface area contributed by atoms with Crippen molar-refractivity contribution >= 4 is 17.2 Å². The number of nitrogens with zero attached hydrogens (tertiary/aromatic N) is 2. The second-order valence-electron chi connectivity index (χ2n) is 5.30. The number of carbonyl (C=O) groups is 1. The van der Waals surface area contributed by atoms with Crippen molar-refractivity contribution in [3.05, 3.63) is 40.4 Å². The minimum Gasteiger partial charge on any atom is -0.338 e. The Balaban J connectivity index is 1.90. The predicted molar refractivity (Wildman–Crippen MR) is 82.2 cm³/mol. The Morgan fingerprint density at radius 2 is 1.80 bits per heavy atom. The van der Waals surface area contributed by atoms with Gasteiger partial charge in [-0.05, 0) is 26.7 Å². The molecule has 1 amide bonds. The van der Waals surface area contributed by atoms with E-state index in [1.165, 1.54) is 16.9 Å². The van der Waals surface area contributed by atoms with Crippen LogP contribution in [0.2, 0.25) is 0 Å². The fourth-order valence-corrected chi connectivity index (χ4v) is 3.52. The van der Waals surface area contributed by atoms with E-state index in [-0.39, 0.29) is 5.91 Å². The van der Waals surface area contributed by atoms with Gasteiger partial charge in [0.15, 0.2) is 0 Å². The summed E-state index contributed by atoms with van der Waals surface area (Å²) in [5, 5.41) is 0.935. The SMILES string of the molecule is Cc1ccc(-c2nc(C)c(C(=O)N3CCCC3)s2)cc1. The topological polar surface area (TPSA) is 33.2 Å². The number of thiazole rings is 1. The summed E-state index contributed by atoms with van der Waals surface area (Å²) in [6.07, 6.45) is 2.24. The summed E-state index contributed by atoms with van der Waals surface area (Å²) in [4.78, 5) is 19.8. The van der Waals surface area contributed by atoms with Crippen LogP contribution >= 0.6 is 11.3 Å². The highest BCUT2D eigenvalue weighted by Gasteiger charge is 2.24. The first kappa shape index (κ1) is 13.3. The first-order chi connectivity index (χ1) is 9.65. The van der Waals surface area contributed by atoms with Crippen LogP contribution in [0.5, 0.6) is 0 Å². The number of carbonyl (C=O) groups excluding carboxylic acids is 1. The molecule has 3 rings (SSSR count). The van der Waals surface area contributed by atoms with Crippen LogP contribution in [0.25, 0.3) is 10.6 Å². The molecule has 0 aliphatic carbocycles. The van der Waals surface area contributed by atoms with Crippen LogP contribution in [-0.4, -0.2) is 28.9 Å². The van der Waals surface area contributed by atoms with Crippen molar-refractivity contribution in [2.45, 2.75) is 26.7 Å². The van der Waals surface area contributed by atoms with Crippen molar-refractivity contribution in [1.82, 2.24) is 9.88 Å². The van der Waals surface area contributed by atoms with Crippen LogP contribution in [-0.2, 0) is 0 Å². The lowest BCUT2D eigenvalue weighted by Gasteiger charge is -2.13. The molecule has 3 nitrogen and oxygen atoms in total. The first-order valence-electron chi connectivity index (χ1n) is 6.99. The maximum atomic E-state index is 12.5. The van der Waals surface area contributed by atoms with Crippen LogP contribution in [0.3, 0.4) is 0 Å². The van der Waals surface area contributed by atoms with Gasteiger partial charge in [0.1, 0.15) is 9.88 Å². The molecule has 1 saturated heterocycles. The number of amides is 1. The Labute approximate surface area is 123 Å². The molecular formula is C16H18N2OS. The van der Waals surface area contributed by atoms with Crippen molar-refractivity contribution in [3.63, 3.8) is 0 Å². The number of likely N-dealkylation sites (tertiary alicyclic amines) is 1. The van der Waals surface area contributed by atoms with Crippen molar-refractivity contribution in [1.29, 1.82) is 0 Å². The minimum absolute atomic E-state index is 0.149. The molecule has 1 aromatic heterocycles. The fourth-order valence-electron chi connectivity index (χ4n) is 2.48. The Bertz CT molecular complexity index is 624. The Morgan fingerprint density at radius 3 is 2.45 bits per heavy atom. The van der Waals surface area contributed by atoms with Crippen LogP contribution < -0.4 is 0 Å². The molecule has 4 heteroatoms. The van der Waals surface area contributed by atoms with Gasteiger partial charge in [-0.1, -0.05) is 29.8 Å². The molecule has 1 fully saturated rings. The molecule has 0 unspecified atom stereocenters. The van der Waals surface area contributed by atoms with Gasteiger partial charge in [-0.25, -0.2) is 4.98 Å². The largest absolute Gasteiger partial charge is 0.338 e. The second-order valence-corrected chi connectivity index (χ2v) is 6.30. The molecule has 0 saturated carbocycles. The summed E-state index contributed by atoms with van der Waals surface area (Å²) in [5.74, 6) is 0.149. The molecular weight excluding hydrogens is 268 g/mol. The molecule has 104 valence electrons. The van der Waals surface area contributed by atoms with Crippen LogP contribution in [0.15, 0.2) is 24.3 Å². The molecule has 2 heterocycles. The normalized spacial score (nSPS) is 14.8. The first-order valence-corrected chi connectivity index (χ1v) is 7.80.